The molecule has 0 radical (unpaired) electrons. The van der Waals surface area contributed by atoms with Crippen molar-refractivity contribution in [2.75, 3.05) is 6.61 Å². The van der Waals surface area contributed by atoms with E-state index in [0.29, 0.717) is 12.3 Å². The van der Waals surface area contributed by atoms with Crippen molar-refractivity contribution >= 4 is 5.97 Å². The van der Waals surface area contributed by atoms with Crippen molar-refractivity contribution < 1.29 is 9.53 Å². The van der Waals surface area contributed by atoms with Gasteiger partial charge in [0.05, 0.1) is 12.3 Å². The summed E-state index contributed by atoms with van der Waals surface area (Å²) in [6.45, 7) is 5.51. The number of unbranched alkanes of at least 4 members (excludes halogenated alkanes) is 5. The first-order chi connectivity index (χ1) is 16.2. The Morgan fingerprint density at radius 3 is 2.52 bits per heavy atom. The number of carbonyl (C=O) groups is 1. The Kier molecular flexibility index (Phi) is 8.09. The molecule has 0 spiro atoms. The highest BCUT2D eigenvalue weighted by atomic mass is 16.5. The number of carbonyl (C=O) groups excluding carboxylic acids is 1. The van der Waals surface area contributed by atoms with E-state index in [2.05, 4.69) is 40.7 Å². The van der Waals surface area contributed by atoms with Crippen LogP contribution in [0, 0.1) is 0 Å². The van der Waals surface area contributed by atoms with E-state index >= 15 is 0 Å². The summed E-state index contributed by atoms with van der Waals surface area (Å²) >= 11 is 0. The number of fused-ring (bicyclic) bond motifs is 1. The first-order valence-electron chi connectivity index (χ1n) is 12.9. The lowest BCUT2D eigenvalue weighted by Gasteiger charge is -2.17. The Morgan fingerprint density at radius 1 is 0.970 bits per heavy atom. The van der Waals surface area contributed by atoms with Crippen LogP contribution in [-0.2, 0) is 24.1 Å². The summed E-state index contributed by atoms with van der Waals surface area (Å²) < 4.78 is 7.95. The van der Waals surface area contributed by atoms with Crippen molar-refractivity contribution in [3.63, 3.8) is 0 Å². The molecule has 4 nitrogen and oxygen atoms in total. The summed E-state index contributed by atoms with van der Waals surface area (Å²) in [6, 6.07) is 14.7. The molecule has 0 amide bonds. The molecule has 4 rings (SSSR count). The molecule has 0 fully saturated rings. The van der Waals surface area contributed by atoms with Gasteiger partial charge in [-0.15, -0.1) is 0 Å². The second kappa shape index (κ2) is 11.4. The summed E-state index contributed by atoms with van der Waals surface area (Å²) in [7, 11) is 0. The van der Waals surface area contributed by atoms with Crippen LogP contribution in [0.4, 0.5) is 0 Å². The van der Waals surface area contributed by atoms with Crippen molar-refractivity contribution in [2.45, 2.75) is 84.6 Å². The third-order valence-corrected chi connectivity index (χ3v) is 6.80. The van der Waals surface area contributed by atoms with Crippen molar-refractivity contribution in [1.82, 2.24) is 9.55 Å². The molecular weight excluding hydrogens is 408 g/mol. The number of benzene rings is 1. The summed E-state index contributed by atoms with van der Waals surface area (Å²) in [4.78, 5) is 16.3. The standard InChI is InChI=1S/C29H38N2O2/c1-3-5-6-7-8-14-19-31-26-18-13-12-17-23(26)20-27(31)24-21-25(22-15-10-9-11-16-22)30-28(24)29(32)33-4-2/h9-11,15-16,20-21,30H,3-8,12-14,17-19H2,1-2H3. The van der Waals surface area contributed by atoms with E-state index in [1.165, 1.54) is 62.6 Å². The Morgan fingerprint density at radius 2 is 1.73 bits per heavy atom. The fourth-order valence-corrected chi connectivity index (χ4v) is 5.09. The van der Waals surface area contributed by atoms with Crippen molar-refractivity contribution in [3.8, 4) is 22.5 Å². The number of esters is 1. The predicted molar refractivity (Wildman–Crippen MR) is 136 cm³/mol. The van der Waals surface area contributed by atoms with E-state index in [4.69, 9.17) is 4.74 Å². The molecule has 0 saturated carbocycles. The number of ether oxygens (including phenoxy) is 1. The minimum atomic E-state index is -0.278. The molecule has 1 aliphatic carbocycles. The van der Waals surface area contributed by atoms with Gasteiger partial charge in [-0.1, -0.05) is 69.4 Å². The van der Waals surface area contributed by atoms with E-state index in [0.717, 1.165) is 41.9 Å². The van der Waals surface area contributed by atoms with Gasteiger partial charge in [0, 0.05) is 23.5 Å². The van der Waals surface area contributed by atoms with Gasteiger partial charge in [-0.2, -0.15) is 0 Å². The van der Waals surface area contributed by atoms with Gasteiger partial charge in [-0.25, -0.2) is 4.79 Å². The molecular formula is C29H38N2O2. The number of nitrogens with one attached hydrogen (secondary N) is 1. The van der Waals surface area contributed by atoms with Gasteiger partial charge in [0.2, 0.25) is 0 Å². The smallest absolute Gasteiger partial charge is 0.355 e. The maximum absolute atomic E-state index is 12.9. The molecule has 1 N–H and O–H groups in total. The molecule has 4 heteroatoms. The number of aryl methyl sites for hydroxylation is 1. The average Bonchev–Trinajstić information content (AvgIpc) is 3.44. The van der Waals surface area contributed by atoms with Crippen LogP contribution < -0.4 is 0 Å². The monoisotopic (exact) mass is 446 g/mol. The maximum Gasteiger partial charge on any atom is 0.355 e. The van der Waals surface area contributed by atoms with Crippen LogP contribution in [-0.4, -0.2) is 22.1 Å². The molecule has 2 heterocycles. The van der Waals surface area contributed by atoms with E-state index in [1.807, 2.05) is 25.1 Å². The molecule has 0 atom stereocenters. The minimum absolute atomic E-state index is 0.278. The van der Waals surface area contributed by atoms with Crippen LogP contribution in [0.5, 0.6) is 0 Å². The molecule has 33 heavy (non-hydrogen) atoms. The quantitative estimate of drug-likeness (QED) is 0.244. The van der Waals surface area contributed by atoms with E-state index in [-0.39, 0.29) is 5.97 Å². The average molecular weight is 447 g/mol. The largest absolute Gasteiger partial charge is 0.461 e. The van der Waals surface area contributed by atoms with Crippen LogP contribution in [0.15, 0.2) is 42.5 Å². The molecule has 176 valence electrons. The first kappa shape index (κ1) is 23.4. The second-order valence-corrected chi connectivity index (χ2v) is 9.19. The highest BCUT2D eigenvalue weighted by Crippen LogP contribution is 2.36. The van der Waals surface area contributed by atoms with Crippen LogP contribution in [0.3, 0.4) is 0 Å². The highest BCUT2D eigenvalue weighted by molar-refractivity contribution is 5.97. The number of nitrogens with zero attached hydrogens (tertiary/aromatic N) is 1. The lowest BCUT2D eigenvalue weighted by molar-refractivity contribution is 0.0521. The summed E-state index contributed by atoms with van der Waals surface area (Å²) in [6.07, 6.45) is 12.5. The Balaban J connectivity index is 1.70. The fourth-order valence-electron chi connectivity index (χ4n) is 5.09. The summed E-state index contributed by atoms with van der Waals surface area (Å²) in [5, 5.41) is 0. The molecule has 1 aliphatic rings. The number of rotatable bonds is 11. The number of H-pyrrole nitrogens is 1. The molecule has 0 saturated heterocycles. The van der Waals surface area contributed by atoms with Gasteiger partial charge in [-0.3, -0.25) is 0 Å². The highest BCUT2D eigenvalue weighted by Gasteiger charge is 2.25. The number of hydrogen-bond acceptors (Lipinski definition) is 2. The zero-order valence-corrected chi connectivity index (χ0v) is 20.3. The lowest BCUT2D eigenvalue weighted by Crippen LogP contribution is -2.11. The van der Waals surface area contributed by atoms with Gasteiger partial charge in [-0.05, 0) is 62.3 Å². The molecule has 0 unspecified atom stereocenters. The molecule has 2 aromatic heterocycles. The molecule has 0 bridgehead atoms. The minimum Gasteiger partial charge on any atom is -0.461 e. The number of aromatic nitrogens is 2. The topological polar surface area (TPSA) is 47.0 Å². The van der Waals surface area contributed by atoms with E-state index < -0.39 is 0 Å². The molecule has 3 aromatic rings. The summed E-state index contributed by atoms with van der Waals surface area (Å²) in [5.74, 6) is -0.278. The second-order valence-electron chi connectivity index (χ2n) is 9.19. The maximum atomic E-state index is 12.9. The Hall–Kier alpha value is -2.75. The number of aromatic amines is 1. The van der Waals surface area contributed by atoms with Crippen molar-refractivity contribution in [2.24, 2.45) is 0 Å². The van der Waals surface area contributed by atoms with Crippen LogP contribution in [0.25, 0.3) is 22.5 Å². The normalized spacial score (nSPS) is 13.2. The van der Waals surface area contributed by atoms with Gasteiger partial charge in [0.1, 0.15) is 5.69 Å². The zero-order chi connectivity index (χ0) is 23.0. The lowest BCUT2D eigenvalue weighted by atomic mass is 9.98. The Bertz CT molecular complexity index is 1050. The van der Waals surface area contributed by atoms with Crippen LogP contribution >= 0.6 is 0 Å². The third kappa shape index (κ3) is 5.43. The zero-order valence-electron chi connectivity index (χ0n) is 20.3. The molecule has 0 aliphatic heterocycles. The van der Waals surface area contributed by atoms with Crippen molar-refractivity contribution in [3.05, 3.63) is 59.4 Å². The molecule has 1 aromatic carbocycles. The van der Waals surface area contributed by atoms with Gasteiger partial charge < -0.3 is 14.3 Å². The van der Waals surface area contributed by atoms with E-state index in [9.17, 15) is 4.79 Å². The Labute approximate surface area is 198 Å². The van der Waals surface area contributed by atoms with Gasteiger partial charge >= 0.3 is 5.97 Å². The SMILES string of the molecule is CCCCCCCCn1c(-c2cc(-c3ccccc3)[nH]c2C(=O)OCC)cc2c1CCCC2. The van der Waals surface area contributed by atoms with Gasteiger partial charge in [0.25, 0.3) is 0 Å². The van der Waals surface area contributed by atoms with E-state index in [1.54, 1.807) is 0 Å². The van der Waals surface area contributed by atoms with Crippen molar-refractivity contribution in [1.29, 1.82) is 0 Å². The van der Waals surface area contributed by atoms with Crippen LogP contribution in [0.2, 0.25) is 0 Å². The fraction of sp³-hybridized carbons (Fsp3) is 0.483. The van der Waals surface area contributed by atoms with Gasteiger partial charge in [0.15, 0.2) is 0 Å². The number of hydrogen-bond donors (Lipinski definition) is 1. The summed E-state index contributed by atoms with van der Waals surface area (Å²) in [5.41, 5.74) is 7.66. The predicted octanol–water partition coefficient (Wildman–Crippen LogP) is 7.57. The van der Waals surface area contributed by atoms with Crippen LogP contribution in [0.1, 0.15) is 87.0 Å². The third-order valence-electron chi connectivity index (χ3n) is 6.80. The first-order valence-corrected chi connectivity index (χ1v) is 12.9.